The van der Waals surface area contributed by atoms with Gasteiger partial charge in [0.2, 0.25) is 0 Å². The second-order valence-electron chi connectivity index (χ2n) is 2.47. The lowest BCUT2D eigenvalue weighted by molar-refractivity contribution is -0.141. The normalized spacial score (nSPS) is 11.5. The van der Waals surface area contributed by atoms with E-state index in [4.69, 9.17) is 4.74 Å². The molecule has 0 aliphatic carbocycles. The predicted octanol–water partition coefficient (Wildman–Crippen LogP) is 3.00. The van der Waals surface area contributed by atoms with Crippen molar-refractivity contribution in [3.05, 3.63) is 23.5 Å². The van der Waals surface area contributed by atoms with Crippen LogP contribution >= 0.6 is 15.9 Å². The summed E-state index contributed by atoms with van der Waals surface area (Å²) in [5.41, 5.74) is -0.892. The van der Waals surface area contributed by atoms with Crippen molar-refractivity contribution in [2.45, 2.75) is 11.5 Å². The molecule has 0 N–H and O–H groups in total. The lowest BCUT2D eigenvalue weighted by Gasteiger charge is -2.12. The molecule has 1 rings (SSSR count). The summed E-state index contributed by atoms with van der Waals surface area (Å²) in [6.45, 7) is 0. The fourth-order valence-corrected chi connectivity index (χ4v) is 1.58. The van der Waals surface area contributed by atoms with Gasteiger partial charge in [-0.2, -0.15) is 13.2 Å². The molecule has 0 spiro atoms. The van der Waals surface area contributed by atoms with Gasteiger partial charge in [0.15, 0.2) is 5.69 Å². The first-order valence-corrected chi connectivity index (χ1v) is 4.78. The highest BCUT2D eigenvalue weighted by Crippen LogP contribution is 2.35. The molecule has 0 aliphatic heterocycles. The van der Waals surface area contributed by atoms with E-state index in [1.807, 2.05) is 0 Å². The number of methoxy groups -OCH3 is 1. The molecular formula is C8H7BrF3NO. The van der Waals surface area contributed by atoms with Crippen molar-refractivity contribution >= 4 is 15.9 Å². The Balaban J connectivity index is 3.29. The van der Waals surface area contributed by atoms with Crippen molar-refractivity contribution in [1.29, 1.82) is 0 Å². The van der Waals surface area contributed by atoms with E-state index in [1.54, 1.807) is 0 Å². The maximum Gasteiger partial charge on any atom is 0.433 e. The molecule has 0 aromatic carbocycles. The van der Waals surface area contributed by atoms with Gasteiger partial charge in [0.1, 0.15) is 5.75 Å². The van der Waals surface area contributed by atoms with Crippen molar-refractivity contribution in [3.8, 4) is 5.75 Å². The smallest absolute Gasteiger partial charge is 0.433 e. The highest BCUT2D eigenvalue weighted by Gasteiger charge is 2.36. The minimum absolute atomic E-state index is 0.0162. The van der Waals surface area contributed by atoms with Crippen LogP contribution in [0.15, 0.2) is 12.3 Å². The zero-order valence-electron chi connectivity index (χ0n) is 7.23. The Kier molecular flexibility index (Phi) is 3.36. The quantitative estimate of drug-likeness (QED) is 0.771. The van der Waals surface area contributed by atoms with Gasteiger partial charge in [-0.05, 0) is 6.07 Å². The van der Waals surface area contributed by atoms with Gasteiger partial charge >= 0.3 is 6.18 Å². The summed E-state index contributed by atoms with van der Waals surface area (Å²) >= 11 is 2.97. The molecule has 1 aromatic rings. The van der Waals surface area contributed by atoms with Crippen molar-refractivity contribution in [3.63, 3.8) is 0 Å². The highest BCUT2D eigenvalue weighted by molar-refractivity contribution is 9.08. The third-order valence-corrected chi connectivity index (χ3v) is 2.20. The number of alkyl halides is 4. The first-order valence-electron chi connectivity index (χ1n) is 3.65. The summed E-state index contributed by atoms with van der Waals surface area (Å²) in [6, 6.07) is 1.39. The average molecular weight is 270 g/mol. The van der Waals surface area contributed by atoms with Crippen LogP contribution in [-0.4, -0.2) is 12.1 Å². The molecule has 0 unspecified atom stereocenters. The number of aromatic nitrogens is 1. The van der Waals surface area contributed by atoms with E-state index in [9.17, 15) is 13.2 Å². The Morgan fingerprint density at radius 1 is 1.50 bits per heavy atom. The fourth-order valence-electron chi connectivity index (χ4n) is 1.04. The lowest BCUT2D eigenvalue weighted by Crippen LogP contribution is -2.12. The summed E-state index contributed by atoms with van der Waals surface area (Å²) in [7, 11) is 1.32. The topological polar surface area (TPSA) is 22.1 Å². The number of pyridine rings is 1. The monoisotopic (exact) mass is 269 g/mol. The molecular weight excluding hydrogens is 263 g/mol. The zero-order valence-corrected chi connectivity index (χ0v) is 8.82. The number of hydrogen-bond acceptors (Lipinski definition) is 2. The number of hydrogen-bond donors (Lipinski definition) is 0. The average Bonchev–Trinajstić information content (AvgIpc) is 2.15. The molecule has 0 amide bonds. The number of nitrogens with zero attached hydrogens (tertiary/aromatic N) is 1. The summed E-state index contributed by atoms with van der Waals surface area (Å²) < 4.78 is 42.0. The summed E-state index contributed by atoms with van der Waals surface area (Å²) in [5.74, 6) is 0.184. The van der Waals surface area contributed by atoms with Crippen LogP contribution in [0.1, 0.15) is 11.3 Å². The Labute approximate surface area is 87.2 Å². The highest BCUT2D eigenvalue weighted by atomic mass is 79.9. The van der Waals surface area contributed by atoms with Crippen molar-refractivity contribution in [2.24, 2.45) is 0 Å². The summed E-state index contributed by atoms with van der Waals surface area (Å²) in [4.78, 5) is 3.29. The van der Waals surface area contributed by atoms with Gasteiger partial charge in [-0.15, -0.1) is 0 Å². The summed E-state index contributed by atoms with van der Waals surface area (Å²) in [6.07, 6.45) is -3.37. The third kappa shape index (κ3) is 2.17. The SMILES string of the molecule is COc1ccnc(C(F)(F)F)c1CBr. The number of halogens is 4. The van der Waals surface area contributed by atoms with Gasteiger partial charge in [-0.3, -0.25) is 4.98 Å². The van der Waals surface area contributed by atoms with E-state index in [2.05, 4.69) is 20.9 Å². The van der Waals surface area contributed by atoms with E-state index < -0.39 is 11.9 Å². The Morgan fingerprint density at radius 2 is 2.14 bits per heavy atom. The van der Waals surface area contributed by atoms with Gasteiger partial charge in [-0.25, -0.2) is 0 Å². The minimum Gasteiger partial charge on any atom is -0.496 e. The van der Waals surface area contributed by atoms with Crippen LogP contribution in [0.3, 0.4) is 0 Å². The molecule has 0 radical (unpaired) electrons. The van der Waals surface area contributed by atoms with E-state index in [0.29, 0.717) is 0 Å². The Bertz CT molecular complexity index is 327. The molecule has 0 fully saturated rings. The second-order valence-corrected chi connectivity index (χ2v) is 3.03. The number of rotatable bonds is 2. The Hall–Kier alpha value is -0.780. The molecule has 0 bridgehead atoms. The predicted molar refractivity (Wildman–Crippen MR) is 48.4 cm³/mol. The van der Waals surface area contributed by atoms with E-state index in [0.717, 1.165) is 6.20 Å². The maximum absolute atomic E-state index is 12.4. The van der Waals surface area contributed by atoms with Crippen LogP contribution in [0.5, 0.6) is 5.75 Å². The molecule has 0 atom stereocenters. The van der Waals surface area contributed by atoms with Crippen molar-refractivity contribution in [1.82, 2.24) is 4.98 Å². The molecule has 6 heteroatoms. The van der Waals surface area contributed by atoms with E-state index >= 15 is 0 Å². The van der Waals surface area contributed by atoms with E-state index in [1.165, 1.54) is 13.2 Å². The van der Waals surface area contributed by atoms with Crippen LogP contribution in [0.25, 0.3) is 0 Å². The molecule has 2 nitrogen and oxygen atoms in total. The first-order chi connectivity index (χ1) is 6.50. The van der Waals surface area contributed by atoms with Crippen molar-refractivity contribution in [2.75, 3.05) is 7.11 Å². The lowest BCUT2D eigenvalue weighted by atomic mass is 10.2. The van der Waals surface area contributed by atoms with Crippen LogP contribution in [0.4, 0.5) is 13.2 Å². The molecule has 1 aromatic heterocycles. The van der Waals surface area contributed by atoms with E-state index in [-0.39, 0.29) is 16.6 Å². The fraction of sp³-hybridized carbons (Fsp3) is 0.375. The standard InChI is InChI=1S/C8H7BrF3NO/c1-14-6-2-3-13-7(5(6)4-9)8(10,11)12/h2-3H,4H2,1H3. The van der Waals surface area contributed by atoms with Crippen LogP contribution < -0.4 is 4.74 Å². The number of ether oxygens (including phenoxy) is 1. The molecule has 78 valence electrons. The molecule has 0 aliphatic rings. The molecule has 1 heterocycles. The molecule has 14 heavy (non-hydrogen) atoms. The minimum atomic E-state index is -4.45. The Morgan fingerprint density at radius 3 is 2.57 bits per heavy atom. The molecule has 0 saturated carbocycles. The van der Waals surface area contributed by atoms with Gasteiger partial charge < -0.3 is 4.74 Å². The van der Waals surface area contributed by atoms with Gasteiger partial charge in [0, 0.05) is 17.1 Å². The van der Waals surface area contributed by atoms with Gasteiger partial charge in [-0.1, -0.05) is 15.9 Å². The largest absolute Gasteiger partial charge is 0.496 e. The second kappa shape index (κ2) is 4.16. The van der Waals surface area contributed by atoms with Gasteiger partial charge in [0.05, 0.1) is 7.11 Å². The maximum atomic E-state index is 12.4. The molecule has 0 saturated heterocycles. The summed E-state index contributed by atoms with van der Waals surface area (Å²) in [5, 5.41) is 0.0544. The zero-order chi connectivity index (χ0) is 10.8. The van der Waals surface area contributed by atoms with Crippen LogP contribution in [0, 0.1) is 0 Å². The third-order valence-electron chi connectivity index (χ3n) is 1.63. The first kappa shape index (κ1) is 11.3. The van der Waals surface area contributed by atoms with Crippen LogP contribution in [-0.2, 0) is 11.5 Å². The van der Waals surface area contributed by atoms with Crippen molar-refractivity contribution < 1.29 is 17.9 Å². The van der Waals surface area contributed by atoms with Gasteiger partial charge in [0.25, 0.3) is 0 Å². The van der Waals surface area contributed by atoms with Crippen LogP contribution in [0.2, 0.25) is 0 Å².